The molecule has 0 bridgehead atoms. The van der Waals surface area contributed by atoms with Crippen molar-refractivity contribution in [3.8, 4) is 0 Å². The average Bonchev–Trinajstić information content (AvgIpc) is 2.52. The zero-order valence-corrected chi connectivity index (χ0v) is 14.6. The molecule has 2 atom stereocenters. The summed E-state index contributed by atoms with van der Waals surface area (Å²) < 4.78 is 1.24. The predicted molar refractivity (Wildman–Crippen MR) is 92.4 cm³/mol. The summed E-state index contributed by atoms with van der Waals surface area (Å²) in [6.45, 7) is 5.74. The smallest absolute Gasteiger partial charge is 0.0248 e. The molecule has 1 aromatic rings. The highest BCUT2D eigenvalue weighted by atomic mass is 79.9. The van der Waals surface area contributed by atoms with Gasteiger partial charge in [0.2, 0.25) is 0 Å². The maximum Gasteiger partial charge on any atom is 0.0248 e. The molecule has 1 aliphatic heterocycles. The van der Waals surface area contributed by atoms with Crippen LogP contribution in [0.2, 0.25) is 0 Å². The van der Waals surface area contributed by atoms with Gasteiger partial charge in [-0.2, -0.15) is 0 Å². The molecule has 116 valence electrons. The molecule has 2 aliphatic rings. The van der Waals surface area contributed by atoms with Crippen LogP contribution in [0.4, 0.5) is 0 Å². The number of rotatable bonds is 3. The van der Waals surface area contributed by atoms with Gasteiger partial charge in [-0.25, -0.2) is 0 Å². The molecule has 3 heteroatoms. The van der Waals surface area contributed by atoms with E-state index in [2.05, 4.69) is 57.3 Å². The summed E-state index contributed by atoms with van der Waals surface area (Å²) in [6, 6.07) is 9.96. The number of hydrogen-bond acceptors (Lipinski definition) is 2. The first-order chi connectivity index (χ1) is 10.2. The zero-order chi connectivity index (χ0) is 14.7. The van der Waals surface area contributed by atoms with Crippen molar-refractivity contribution < 1.29 is 0 Å². The number of benzene rings is 1. The number of halogens is 1. The summed E-state index contributed by atoms with van der Waals surface area (Å²) in [4.78, 5) is 2.66. The average molecular weight is 351 g/mol. The van der Waals surface area contributed by atoms with Crippen LogP contribution in [0.25, 0.3) is 0 Å². The second-order valence-corrected chi connectivity index (χ2v) is 7.64. The summed E-state index contributed by atoms with van der Waals surface area (Å²) in [7, 11) is 0. The van der Waals surface area contributed by atoms with Gasteiger partial charge in [-0.3, -0.25) is 4.90 Å². The van der Waals surface area contributed by atoms with Gasteiger partial charge in [0.15, 0.2) is 0 Å². The SMILES string of the molecule is CC1CNC(C2CCCCC2)CN1Cc1ccccc1Br. The minimum Gasteiger partial charge on any atom is -0.311 e. The van der Waals surface area contributed by atoms with Gasteiger partial charge < -0.3 is 5.32 Å². The monoisotopic (exact) mass is 350 g/mol. The van der Waals surface area contributed by atoms with E-state index in [1.165, 1.54) is 48.7 Å². The first kappa shape index (κ1) is 15.5. The molecule has 1 saturated heterocycles. The summed E-state index contributed by atoms with van der Waals surface area (Å²) in [6.07, 6.45) is 7.16. The Morgan fingerprint density at radius 1 is 1.19 bits per heavy atom. The fourth-order valence-electron chi connectivity index (χ4n) is 3.87. The molecule has 1 aliphatic carbocycles. The van der Waals surface area contributed by atoms with Crippen molar-refractivity contribution in [2.75, 3.05) is 13.1 Å². The van der Waals surface area contributed by atoms with E-state index >= 15 is 0 Å². The van der Waals surface area contributed by atoms with E-state index in [-0.39, 0.29) is 0 Å². The van der Waals surface area contributed by atoms with Crippen LogP contribution in [0.3, 0.4) is 0 Å². The van der Waals surface area contributed by atoms with Crippen molar-refractivity contribution in [3.05, 3.63) is 34.3 Å². The van der Waals surface area contributed by atoms with Gasteiger partial charge in [0, 0.05) is 36.2 Å². The molecule has 1 aromatic carbocycles. The normalized spacial score (nSPS) is 28.7. The molecular formula is C18H27BrN2. The van der Waals surface area contributed by atoms with Crippen molar-refractivity contribution in [1.29, 1.82) is 0 Å². The van der Waals surface area contributed by atoms with Gasteiger partial charge in [0.05, 0.1) is 0 Å². The third-order valence-electron chi connectivity index (χ3n) is 5.28. The number of nitrogens with one attached hydrogen (secondary N) is 1. The van der Waals surface area contributed by atoms with E-state index in [1.807, 2.05) is 0 Å². The van der Waals surface area contributed by atoms with Crippen LogP contribution in [-0.4, -0.2) is 30.1 Å². The Morgan fingerprint density at radius 2 is 1.95 bits per heavy atom. The van der Waals surface area contributed by atoms with E-state index in [0.29, 0.717) is 12.1 Å². The second kappa shape index (κ2) is 7.26. The third kappa shape index (κ3) is 3.88. The third-order valence-corrected chi connectivity index (χ3v) is 6.05. The summed E-state index contributed by atoms with van der Waals surface area (Å²) >= 11 is 3.69. The molecule has 0 spiro atoms. The molecule has 0 aromatic heterocycles. The lowest BCUT2D eigenvalue weighted by Crippen LogP contribution is -2.57. The minimum atomic E-state index is 0.622. The molecule has 2 nitrogen and oxygen atoms in total. The van der Waals surface area contributed by atoms with E-state index < -0.39 is 0 Å². The molecule has 2 unspecified atom stereocenters. The first-order valence-electron chi connectivity index (χ1n) is 8.45. The van der Waals surface area contributed by atoms with Crippen molar-refractivity contribution in [1.82, 2.24) is 10.2 Å². The Hall–Kier alpha value is -0.380. The summed E-state index contributed by atoms with van der Waals surface area (Å²) in [5.74, 6) is 0.896. The standard InChI is InChI=1S/C18H27BrN2/c1-14-11-20-18(15-7-3-2-4-8-15)13-21(14)12-16-9-5-6-10-17(16)19/h5-6,9-10,14-15,18,20H,2-4,7-8,11-13H2,1H3. The summed E-state index contributed by atoms with van der Waals surface area (Å²) in [5.41, 5.74) is 1.41. The largest absolute Gasteiger partial charge is 0.311 e. The predicted octanol–water partition coefficient (Wildman–Crippen LogP) is 4.19. The molecule has 3 rings (SSSR count). The molecule has 2 fully saturated rings. The molecular weight excluding hydrogens is 324 g/mol. The lowest BCUT2D eigenvalue weighted by Gasteiger charge is -2.43. The van der Waals surface area contributed by atoms with Crippen LogP contribution in [0, 0.1) is 5.92 Å². The fraction of sp³-hybridized carbons (Fsp3) is 0.667. The van der Waals surface area contributed by atoms with Crippen molar-refractivity contribution in [2.45, 2.75) is 57.7 Å². The van der Waals surface area contributed by atoms with E-state index in [1.54, 1.807) is 0 Å². The zero-order valence-electron chi connectivity index (χ0n) is 13.0. The van der Waals surface area contributed by atoms with Crippen LogP contribution in [0.1, 0.15) is 44.6 Å². The molecule has 1 N–H and O–H groups in total. The second-order valence-electron chi connectivity index (χ2n) is 6.78. The highest BCUT2D eigenvalue weighted by molar-refractivity contribution is 9.10. The van der Waals surface area contributed by atoms with Crippen molar-refractivity contribution in [3.63, 3.8) is 0 Å². The van der Waals surface area contributed by atoms with Crippen LogP contribution in [-0.2, 0) is 6.54 Å². The van der Waals surface area contributed by atoms with Gasteiger partial charge in [-0.05, 0) is 37.3 Å². The fourth-order valence-corrected chi connectivity index (χ4v) is 4.28. The van der Waals surface area contributed by atoms with Crippen molar-refractivity contribution >= 4 is 15.9 Å². The highest BCUT2D eigenvalue weighted by Gasteiger charge is 2.31. The van der Waals surface area contributed by atoms with Gasteiger partial charge >= 0.3 is 0 Å². The van der Waals surface area contributed by atoms with Crippen molar-refractivity contribution in [2.24, 2.45) is 5.92 Å². The van der Waals surface area contributed by atoms with Crippen LogP contribution in [0.5, 0.6) is 0 Å². The van der Waals surface area contributed by atoms with Gasteiger partial charge in [0.1, 0.15) is 0 Å². The molecule has 0 radical (unpaired) electrons. The highest BCUT2D eigenvalue weighted by Crippen LogP contribution is 2.29. The minimum absolute atomic E-state index is 0.622. The molecule has 1 heterocycles. The molecule has 21 heavy (non-hydrogen) atoms. The first-order valence-corrected chi connectivity index (χ1v) is 9.24. The Morgan fingerprint density at radius 3 is 2.71 bits per heavy atom. The number of hydrogen-bond donors (Lipinski definition) is 1. The number of nitrogens with zero attached hydrogens (tertiary/aromatic N) is 1. The van der Waals surface area contributed by atoms with E-state index in [4.69, 9.17) is 0 Å². The maximum atomic E-state index is 3.82. The quantitative estimate of drug-likeness (QED) is 0.878. The Labute approximate surface area is 137 Å². The Kier molecular flexibility index (Phi) is 5.36. The lowest BCUT2D eigenvalue weighted by atomic mass is 9.82. The number of piperazine rings is 1. The Balaban J connectivity index is 1.64. The topological polar surface area (TPSA) is 15.3 Å². The van der Waals surface area contributed by atoms with E-state index in [9.17, 15) is 0 Å². The van der Waals surface area contributed by atoms with Gasteiger partial charge in [0.25, 0.3) is 0 Å². The van der Waals surface area contributed by atoms with E-state index in [0.717, 1.165) is 19.0 Å². The molecule has 1 saturated carbocycles. The van der Waals surface area contributed by atoms with Crippen LogP contribution < -0.4 is 5.32 Å². The Bertz CT molecular complexity index is 456. The van der Waals surface area contributed by atoms with Crippen LogP contribution in [0.15, 0.2) is 28.7 Å². The lowest BCUT2D eigenvalue weighted by molar-refractivity contribution is 0.0979. The van der Waals surface area contributed by atoms with Gasteiger partial charge in [-0.15, -0.1) is 0 Å². The van der Waals surface area contributed by atoms with Gasteiger partial charge in [-0.1, -0.05) is 53.4 Å². The maximum absolute atomic E-state index is 3.82. The van der Waals surface area contributed by atoms with Crippen LogP contribution >= 0.6 is 15.9 Å². The summed E-state index contributed by atoms with van der Waals surface area (Å²) in [5, 5.41) is 3.82. The molecule has 0 amide bonds.